The summed E-state index contributed by atoms with van der Waals surface area (Å²) in [6, 6.07) is -0.316. The van der Waals surface area contributed by atoms with Crippen molar-refractivity contribution in [3.05, 3.63) is 0 Å². The van der Waals surface area contributed by atoms with E-state index >= 15 is 0 Å². The molecule has 1 saturated heterocycles. The Morgan fingerprint density at radius 3 is 2.79 bits per heavy atom. The van der Waals surface area contributed by atoms with Gasteiger partial charge in [0.15, 0.2) is 5.17 Å². The van der Waals surface area contributed by atoms with Crippen LogP contribution in [0.2, 0.25) is 0 Å². The molecule has 0 aromatic rings. The summed E-state index contributed by atoms with van der Waals surface area (Å²) in [6.45, 7) is 6.03. The van der Waals surface area contributed by atoms with E-state index in [2.05, 4.69) is 29.5 Å². The van der Waals surface area contributed by atoms with Crippen molar-refractivity contribution in [2.75, 3.05) is 12.8 Å². The van der Waals surface area contributed by atoms with Gasteiger partial charge in [-0.3, -0.25) is 4.79 Å². The number of carbonyl (C=O) groups is 1. The smallest absolute Gasteiger partial charge is 0.244 e. The van der Waals surface area contributed by atoms with Gasteiger partial charge in [-0.15, -0.1) is 0 Å². The number of nitrogens with zero attached hydrogens (tertiary/aromatic N) is 1. The zero-order valence-corrected chi connectivity index (χ0v) is 9.86. The van der Waals surface area contributed by atoms with E-state index in [1.54, 1.807) is 25.7 Å². The van der Waals surface area contributed by atoms with Crippen molar-refractivity contribution in [2.45, 2.75) is 32.4 Å². The van der Waals surface area contributed by atoms with Gasteiger partial charge in [-0.05, 0) is 20.8 Å². The number of hydrogen-bond donors (Lipinski definition) is 2. The first-order valence-electron chi connectivity index (χ1n) is 4.65. The Balaban J connectivity index is 2.58. The average Bonchev–Trinajstić information content (AvgIpc) is 2.44. The maximum absolute atomic E-state index is 11.2. The second kappa shape index (κ2) is 4.21. The molecule has 1 rings (SSSR count). The van der Waals surface area contributed by atoms with E-state index in [0.29, 0.717) is 0 Å². The van der Waals surface area contributed by atoms with Crippen molar-refractivity contribution in [3.63, 3.8) is 0 Å². The molecule has 1 heterocycles. The second-order valence-corrected chi connectivity index (χ2v) is 4.99. The molecule has 1 atom stereocenters. The number of thioether (sulfide) groups is 1. The maximum atomic E-state index is 11.2. The second-order valence-electron chi connectivity index (χ2n) is 4.02. The lowest BCUT2D eigenvalue weighted by atomic mass is 10.1. The topological polar surface area (TPSA) is 53.5 Å². The highest BCUT2D eigenvalue weighted by Gasteiger charge is 2.28. The molecule has 5 heteroatoms. The van der Waals surface area contributed by atoms with Gasteiger partial charge in [-0.25, -0.2) is 4.99 Å². The first kappa shape index (κ1) is 11.4. The van der Waals surface area contributed by atoms with Crippen LogP contribution in [0.3, 0.4) is 0 Å². The molecule has 0 radical (unpaired) electrons. The number of rotatable bonds is 2. The van der Waals surface area contributed by atoms with E-state index in [0.717, 1.165) is 10.9 Å². The van der Waals surface area contributed by atoms with Crippen LogP contribution in [0.4, 0.5) is 0 Å². The highest BCUT2D eigenvalue weighted by Crippen LogP contribution is 2.22. The molecule has 4 nitrogen and oxygen atoms in total. The van der Waals surface area contributed by atoms with E-state index in [1.165, 1.54) is 0 Å². The monoisotopic (exact) mass is 215 g/mol. The number of aliphatic imine (C=N–C) groups is 1. The quantitative estimate of drug-likeness (QED) is 0.709. The van der Waals surface area contributed by atoms with Crippen LogP contribution >= 0.6 is 11.8 Å². The molecular formula is C9H17N3OS. The van der Waals surface area contributed by atoms with Crippen LogP contribution < -0.4 is 10.6 Å². The Hall–Kier alpha value is -0.710. The number of hydrogen-bond acceptors (Lipinski definition) is 3. The molecule has 0 saturated carbocycles. The van der Waals surface area contributed by atoms with Crippen LogP contribution in [0.1, 0.15) is 20.8 Å². The summed E-state index contributed by atoms with van der Waals surface area (Å²) in [4.78, 5) is 15.5. The van der Waals surface area contributed by atoms with Gasteiger partial charge in [0.1, 0.15) is 6.04 Å². The van der Waals surface area contributed by atoms with Gasteiger partial charge in [0.2, 0.25) is 5.91 Å². The van der Waals surface area contributed by atoms with E-state index < -0.39 is 0 Å². The average molecular weight is 215 g/mol. The Bertz CT molecular complexity index is 263. The largest absolute Gasteiger partial charge is 0.359 e. The van der Waals surface area contributed by atoms with Crippen molar-refractivity contribution in [3.8, 4) is 0 Å². The van der Waals surface area contributed by atoms with E-state index in [9.17, 15) is 4.79 Å². The molecular weight excluding hydrogens is 198 g/mol. The normalized spacial score (nSPS) is 24.4. The number of amidine groups is 1. The highest BCUT2D eigenvalue weighted by atomic mass is 32.2. The first-order chi connectivity index (χ1) is 6.44. The SMILES string of the molecule is CNC(=O)C(C)N=C1NC(C)(C)CS1. The van der Waals surface area contributed by atoms with Gasteiger partial charge < -0.3 is 10.6 Å². The highest BCUT2D eigenvalue weighted by molar-refractivity contribution is 8.14. The summed E-state index contributed by atoms with van der Waals surface area (Å²) < 4.78 is 0. The van der Waals surface area contributed by atoms with Crippen molar-refractivity contribution in [1.29, 1.82) is 0 Å². The van der Waals surface area contributed by atoms with E-state index in [4.69, 9.17) is 0 Å². The molecule has 0 aromatic carbocycles. The number of likely N-dealkylation sites (N-methyl/N-ethyl adjacent to an activating group) is 1. The minimum absolute atomic E-state index is 0.0513. The molecule has 0 aliphatic carbocycles. The summed E-state index contributed by atoms with van der Waals surface area (Å²) in [5.74, 6) is 0.941. The standard InChI is InChI=1S/C9H17N3OS/c1-6(7(13)10-4)11-8-12-9(2,3)5-14-8/h6H,5H2,1-4H3,(H,10,13)(H,11,12). The summed E-state index contributed by atoms with van der Waals surface area (Å²) >= 11 is 1.66. The van der Waals surface area contributed by atoms with Crippen LogP contribution in [0.15, 0.2) is 4.99 Å². The Kier molecular flexibility index (Phi) is 3.42. The first-order valence-corrected chi connectivity index (χ1v) is 5.63. The predicted octanol–water partition coefficient (Wildman–Crippen LogP) is 0.592. The number of nitrogens with one attached hydrogen (secondary N) is 2. The fourth-order valence-corrected chi connectivity index (χ4v) is 2.27. The van der Waals surface area contributed by atoms with Crippen LogP contribution in [0.5, 0.6) is 0 Å². The lowest BCUT2D eigenvalue weighted by molar-refractivity contribution is -0.121. The third kappa shape index (κ3) is 2.90. The van der Waals surface area contributed by atoms with Crippen molar-refractivity contribution in [2.24, 2.45) is 4.99 Å². The molecule has 0 bridgehead atoms. The lowest BCUT2D eigenvalue weighted by Gasteiger charge is -2.16. The molecule has 80 valence electrons. The van der Waals surface area contributed by atoms with Crippen molar-refractivity contribution >= 4 is 22.8 Å². The van der Waals surface area contributed by atoms with Crippen LogP contribution in [-0.2, 0) is 4.79 Å². The summed E-state index contributed by atoms with van der Waals surface area (Å²) in [5.41, 5.74) is 0.0892. The number of carbonyl (C=O) groups excluding carboxylic acids is 1. The van der Waals surface area contributed by atoms with Crippen molar-refractivity contribution in [1.82, 2.24) is 10.6 Å². The maximum Gasteiger partial charge on any atom is 0.244 e. The molecule has 0 aromatic heterocycles. The van der Waals surface area contributed by atoms with E-state index in [1.807, 2.05) is 0 Å². The molecule has 1 aliphatic rings. The van der Waals surface area contributed by atoms with Gasteiger partial charge >= 0.3 is 0 Å². The molecule has 1 amide bonds. The minimum Gasteiger partial charge on any atom is -0.359 e. The molecule has 1 unspecified atom stereocenters. The summed E-state index contributed by atoms with van der Waals surface area (Å²) in [7, 11) is 1.62. The molecule has 2 N–H and O–H groups in total. The zero-order chi connectivity index (χ0) is 10.8. The van der Waals surface area contributed by atoms with Gasteiger partial charge in [0.25, 0.3) is 0 Å². The van der Waals surface area contributed by atoms with Crippen LogP contribution in [-0.4, -0.2) is 35.5 Å². The Morgan fingerprint density at radius 2 is 2.36 bits per heavy atom. The van der Waals surface area contributed by atoms with Crippen LogP contribution in [0, 0.1) is 0 Å². The molecule has 0 spiro atoms. The zero-order valence-electron chi connectivity index (χ0n) is 9.05. The predicted molar refractivity (Wildman–Crippen MR) is 60.6 cm³/mol. The summed E-state index contributed by atoms with van der Waals surface area (Å²) in [6.07, 6.45) is 0. The van der Waals surface area contributed by atoms with Crippen molar-refractivity contribution < 1.29 is 4.79 Å². The molecule has 1 aliphatic heterocycles. The van der Waals surface area contributed by atoms with E-state index in [-0.39, 0.29) is 17.5 Å². The van der Waals surface area contributed by atoms with Crippen LogP contribution in [0.25, 0.3) is 0 Å². The van der Waals surface area contributed by atoms with Gasteiger partial charge in [0, 0.05) is 18.3 Å². The van der Waals surface area contributed by atoms with Gasteiger partial charge in [-0.1, -0.05) is 11.8 Å². The third-order valence-electron chi connectivity index (χ3n) is 1.95. The fourth-order valence-electron chi connectivity index (χ4n) is 1.12. The molecule has 14 heavy (non-hydrogen) atoms. The number of amides is 1. The minimum atomic E-state index is -0.316. The third-order valence-corrected chi connectivity index (χ3v) is 3.30. The van der Waals surface area contributed by atoms with Gasteiger partial charge in [-0.2, -0.15) is 0 Å². The van der Waals surface area contributed by atoms with Gasteiger partial charge in [0.05, 0.1) is 0 Å². The lowest BCUT2D eigenvalue weighted by Crippen LogP contribution is -2.38. The summed E-state index contributed by atoms with van der Waals surface area (Å²) in [5, 5.41) is 6.72. The molecule has 1 fully saturated rings. The Labute approximate surface area is 88.9 Å². The Morgan fingerprint density at radius 1 is 1.71 bits per heavy atom. The fraction of sp³-hybridized carbons (Fsp3) is 0.778.